The van der Waals surface area contributed by atoms with Crippen molar-refractivity contribution in [3.63, 3.8) is 0 Å². The van der Waals surface area contributed by atoms with Crippen LogP contribution in [-0.2, 0) is 4.74 Å². The Morgan fingerprint density at radius 3 is 2.59 bits per heavy atom. The fourth-order valence-electron chi connectivity index (χ4n) is 2.28. The first-order valence-electron chi connectivity index (χ1n) is 5.66. The van der Waals surface area contributed by atoms with Crippen LogP contribution in [0.2, 0.25) is 0 Å². The second kappa shape index (κ2) is 4.77. The lowest BCUT2D eigenvalue weighted by atomic mass is 9.97. The molecule has 4 atom stereocenters. The van der Waals surface area contributed by atoms with E-state index in [9.17, 15) is 15.0 Å². The van der Waals surface area contributed by atoms with E-state index in [-0.39, 0.29) is 19.2 Å². The number of ether oxygens (including phenoxy) is 1. The molecule has 2 aliphatic heterocycles. The van der Waals surface area contributed by atoms with Crippen LogP contribution in [0.15, 0.2) is 0 Å². The Morgan fingerprint density at radius 1 is 1.35 bits per heavy atom. The molecule has 2 fully saturated rings. The van der Waals surface area contributed by atoms with Crippen LogP contribution < -0.4 is 0 Å². The van der Waals surface area contributed by atoms with Crippen molar-refractivity contribution in [3.05, 3.63) is 0 Å². The molecule has 0 aromatic heterocycles. The summed E-state index contributed by atoms with van der Waals surface area (Å²) in [7, 11) is 1.69. The van der Waals surface area contributed by atoms with Crippen molar-refractivity contribution >= 4 is 6.03 Å². The third-order valence-electron chi connectivity index (χ3n) is 3.43. The van der Waals surface area contributed by atoms with Crippen molar-refractivity contribution in [2.45, 2.75) is 24.4 Å². The smallest absolute Gasteiger partial charge is 0.320 e. The van der Waals surface area contributed by atoms with E-state index in [1.54, 1.807) is 11.9 Å². The highest BCUT2D eigenvalue weighted by molar-refractivity contribution is 5.76. The molecule has 0 spiro atoms. The van der Waals surface area contributed by atoms with Crippen LogP contribution in [0, 0.1) is 0 Å². The number of hydrogen-bond acceptors (Lipinski definition) is 5. The normalized spacial score (nSPS) is 38.9. The molecule has 0 saturated carbocycles. The van der Waals surface area contributed by atoms with E-state index >= 15 is 0 Å². The highest BCUT2D eigenvalue weighted by Gasteiger charge is 2.44. The number of likely N-dealkylation sites (N-methyl/N-ethyl adjacent to an activating group) is 1. The maximum atomic E-state index is 11.8. The average Bonchev–Trinajstić information content (AvgIpc) is 2.64. The molecule has 2 aliphatic rings. The SMILES string of the molecule is CN1CCN([C@@H]2CO[C@H](CO)[C@H](O)[C@@H]2O)C1=O. The summed E-state index contributed by atoms with van der Waals surface area (Å²) in [4.78, 5) is 14.8. The van der Waals surface area contributed by atoms with E-state index in [0.29, 0.717) is 13.1 Å². The maximum Gasteiger partial charge on any atom is 0.320 e. The zero-order chi connectivity index (χ0) is 12.6. The molecule has 2 amide bonds. The number of urea groups is 1. The Kier molecular flexibility index (Phi) is 3.53. The number of hydrogen-bond donors (Lipinski definition) is 3. The molecule has 0 aromatic carbocycles. The molecule has 2 rings (SSSR count). The van der Waals surface area contributed by atoms with Crippen LogP contribution in [0.25, 0.3) is 0 Å². The molecule has 0 aliphatic carbocycles. The summed E-state index contributed by atoms with van der Waals surface area (Å²) in [6, 6.07) is -0.724. The molecule has 17 heavy (non-hydrogen) atoms. The van der Waals surface area contributed by atoms with Gasteiger partial charge in [0, 0.05) is 20.1 Å². The Labute approximate surface area is 99.2 Å². The Bertz CT molecular complexity index is 300. The second-order valence-electron chi connectivity index (χ2n) is 4.50. The molecular weight excluding hydrogens is 228 g/mol. The first-order valence-corrected chi connectivity index (χ1v) is 5.66. The van der Waals surface area contributed by atoms with Gasteiger partial charge in [-0.3, -0.25) is 0 Å². The van der Waals surface area contributed by atoms with Crippen molar-refractivity contribution in [1.29, 1.82) is 0 Å². The number of nitrogens with zero attached hydrogens (tertiary/aromatic N) is 2. The van der Waals surface area contributed by atoms with Crippen molar-refractivity contribution < 1.29 is 24.9 Å². The number of rotatable bonds is 2. The Morgan fingerprint density at radius 2 is 2.06 bits per heavy atom. The minimum absolute atomic E-state index is 0.128. The molecule has 7 nitrogen and oxygen atoms in total. The van der Waals surface area contributed by atoms with Crippen LogP contribution >= 0.6 is 0 Å². The lowest BCUT2D eigenvalue weighted by Gasteiger charge is -2.40. The third kappa shape index (κ3) is 2.11. The number of amides is 2. The van der Waals surface area contributed by atoms with Gasteiger partial charge in [0.2, 0.25) is 0 Å². The summed E-state index contributed by atoms with van der Waals surface area (Å²) in [6.45, 7) is 0.889. The predicted octanol–water partition coefficient (Wildman–Crippen LogP) is -2.16. The maximum absolute atomic E-state index is 11.8. The highest BCUT2D eigenvalue weighted by atomic mass is 16.5. The van der Waals surface area contributed by atoms with E-state index in [0.717, 1.165) is 0 Å². The van der Waals surface area contributed by atoms with Gasteiger partial charge in [0.05, 0.1) is 19.3 Å². The van der Waals surface area contributed by atoms with Crippen LogP contribution in [0.4, 0.5) is 4.79 Å². The number of aliphatic hydroxyl groups is 3. The van der Waals surface area contributed by atoms with E-state index in [1.807, 2.05) is 0 Å². The zero-order valence-electron chi connectivity index (χ0n) is 9.69. The predicted molar refractivity (Wildman–Crippen MR) is 57.4 cm³/mol. The van der Waals surface area contributed by atoms with E-state index < -0.39 is 24.4 Å². The molecule has 0 radical (unpaired) electrons. The molecule has 7 heteroatoms. The van der Waals surface area contributed by atoms with Crippen molar-refractivity contribution in [2.24, 2.45) is 0 Å². The summed E-state index contributed by atoms with van der Waals surface area (Å²) in [5, 5.41) is 28.6. The highest BCUT2D eigenvalue weighted by Crippen LogP contribution is 2.22. The molecule has 0 aromatic rings. The molecule has 2 saturated heterocycles. The Balaban J connectivity index is 2.05. The average molecular weight is 246 g/mol. The lowest BCUT2D eigenvalue weighted by molar-refractivity contribution is -0.174. The van der Waals surface area contributed by atoms with Crippen molar-refractivity contribution in [2.75, 3.05) is 33.4 Å². The number of aliphatic hydroxyl groups excluding tert-OH is 3. The molecule has 98 valence electrons. The van der Waals surface area contributed by atoms with Crippen LogP contribution in [0.1, 0.15) is 0 Å². The first-order chi connectivity index (χ1) is 8.06. The second-order valence-corrected chi connectivity index (χ2v) is 4.50. The standard InChI is InChI=1S/C10H18N2O5/c1-11-2-3-12(10(11)16)6-5-17-7(4-13)9(15)8(6)14/h6-9,13-15H,2-5H2,1H3/t6-,7-,8-,9+/m1/s1. The minimum atomic E-state index is -1.17. The van der Waals surface area contributed by atoms with Gasteiger partial charge in [-0.05, 0) is 0 Å². The van der Waals surface area contributed by atoms with Crippen LogP contribution in [-0.4, -0.2) is 88.9 Å². The zero-order valence-corrected chi connectivity index (χ0v) is 9.69. The van der Waals surface area contributed by atoms with E-state index in [4.69, 9.17) is 9.84 Å². The van der Waals surface area contributed by atoms with Gasteiger partial charge in [-0.2, -0.15) is 0 Å². The Hall–Kier alpha value is -0.890. The molecule has 3 N–H and O–H groups in total. The molecular formula is C10H18N2O5. The molecule has 2 heterocycles. The van der Waals surface area contributed by atoms with E-state index in [2.05, 4.69) is 0 Å². The van der Waals surface area contributed by atoms with Gasteiger partial charge in [0.25, 0.3) is 0 Å². The lowest BCUT2D eigenvalue weighted by Crippen LogP contribution is -2.60. The summed E-state index contributed by atoms with van der Waals surface area (Å²) in [6.07, 6.45) is -3.04. The van der Waals surface area contributed by atoms with Gasteiger partial charge in [0.15, 0.2) is 0 Å². The van der Waals surface area contributed by atoms with E-state index in [1.165, 1.54) is 4.90 Å². The van der Waals surface area contributed by atoms with Crippen LogP contribution in [0.3, 0.4) is 0 Å². The van der Waals surface area contributed by atoms with Gasteiger partial charge in [-0.1, -0.05) is 0 Å². The summed E-state index contributed by atoms with van der Waals surface area (Å²) in [5.41, 5.74) is 0. The minimum Gasteiger partial charge on any atom is -0.394 e. The fourth-order valence-corrected chi connectivity index (χ4v) is 2.28. The summed E-state index contributed by atoms with van der Waals surface area (Å²) < 4.78 is 5.25. The van der Waals surface area contributed by atoms with Crippen molar-refractivity contribution in [1.82, 2.24) is 9.80 Å². The van der Waals surface area contributed by atoms with Gasteiger partial charge in [-0.15, -0.1) is 0 Å². The van der Waals surface area contributed by atoms with Gasteiger partial charge in [0.1, 0.15) is 18.3 Å². The first kappa shape index (κ1) is 12.6. The van der Waals surface area contributed by atoms with Gasteiger partial charge < -0.3 is 29.9 Å². The third-order valence-corrected chi connectivity index (χ3v) is 3.43. The fraction of sp³-hybridized carbons (Fsp3) is 0.900. The number of carbonyl (C=O) groups excluding carboxylic acids is 1. The monoisotopic (exact) mass is 246 g/mol. The largest absolute Gasteiger partial charge is 0.394 e. The van der Waals surface area contributed by atoms with Crippen molar-refractivity contribution in [3.8, 4) is 0 Å². The van der Waals surface area contributed by atoms with Crippen LogP contribution in [0.5, 0.6) is 0 Å². The molecule has 0 unspecified atom stereocenters. The summed E-state index contributed by atoms with van der Waals surface area (Å²) in [5.74, 6) is 0. The topological polar surface area (TPSA) is 93.5 Å². The summed E-state index contributed by atoms with van der Waals surface area (Å²) >= 11 is 0. The molecule has 0 bridgehead atoms. The number of carbonyl (C=O) groups is 1. The van der Waals surface area contributed by atoms with Gasteiger partial charge >= 0.3 is 6.03 Å². The van der Waals surface area contributed by atoms with Gasteiger partial charge in [-0.25, -0.2) is 4.79 Å². The quantitative estimate of drug-likeness (QED) is 0.516.